The molecular formula is C17H32N2. The Morgan fingerprint density at radius 2 is 1.37 bits per heavy atom. The summed E-state index contributed by atoms with van der Waals surface area (Å²) in [6.07, 6.45) is 16.0. The molecule has 0 amide bonds. The van der Waals surface area contributed by atoms with Crippen LogP contribution < -0.4 is 0 Å². The van der Waals surface area contributed by atoms with Crippen LogP contribution in [0.3, 0.4) is 0 Å². The van der Waals surface area contributed by atoms with Crippen molar-refractivity contribution < 1.29 is 0 Å². The summed E-state index contributed by atoms with van der Waals surface area (Å²) < 4.78 is 2.34. The maximum Gasteiger partial charge on any atom is 0.105 e. The molecule has 1 rings (SSSR count). The summed E-state index contributed by atoms with van der Waals surface area (Å²) >= 11 is 0. The van der Waals surface area contributed by atoms with Crippen LogP contribution in [0.25, 0.3) is 0 Å². The summed E-state index contributed by atoms with van der Waals surface area (Å²) in [6, 6.07) is 0. The lowest BCUT2D eigenvalue weighted by Crippen LogP contribution is -2.02. The molecule has 0 saturated carbocycles. The molecule has 0 radical (unpaired) electrons. The molecule has 0 bridgehead atoms. The monoisotopic (exact) mass is 264 g/mol. The van der Waals surface area contributed by atoms with Crippen LogP contribution in [0.2, 0.25) is 0 Å². The first-order valence-corrected chi connectivity index (χ1v) is 8.24. The van der Waals surface area contributed by atoms with Crippen molar-refractivity contribution in [2.24, 2.45) is 0 Å². The van der Waals surface area contributed by atoms with Gasteiger partial charge in [-0.25, -0.2) is 4.98 Å². The van der Waals surface area contributed by atoms with Crippen molar-refractivity contribution in [2.45, 2.75) is 91.5 Å². The van der Waals surface area contributed by atoms with E-state index in [-0.39, 0.29) is 0 Å². The van der Waals surface area contributed by atoms with E-state index in [1.807, 2.05) is 6.20 Å². The Morgan fingerprint density at radius 3 is 1.84 bits per heavy atom. The van der Waals surface area contributed by atoms with Crippen LogP contribution in [0.4, 0.5) is 0 Å². The second-order valence-corrected chi connectivity index (χ2v) is 5.78. The van der Waals surface area contributed by atoms with Gasteiger partial charge < -0.3 is 4.57 Å². The lowest BCUT2D eigenvalue weighted by atomic mass is 10.1. The largest absolute Gasteiger partial charge is 0.333 e. The minimum atomic E-state index is 1.15. The second kappa shape index (κ2) is 10.1. The van der Waals surface area contributed by atoms with E-state index in [1.54, 1.807) is 0 Å². The number of hydrogen-bond acceptors (Lipinski definition) is 1. The zero-order valence-corrected chi connectivity index (χ0v) is 13.2. The van der Waals surface area contributed by atoms with Gasteiger partial charge in [-0.2, -0.15) is 0 Å². The van der Waals surface area contributed by atoms with Crippen LogP contribution in [0.15, 0.2) is 6.20 Å². The van der Waals surface area contributed by atoms with E-state index in [2.05, 4.69) is 30.3 Å². The van der Waals surface area contributed by atoms with Crippen molar-refractivity contribution in [3.63, 3.8) is 0 Å². The Morgan fingerprint density at radius 1 is 0.842 bits per heavy atom. The van der Waals surface area contributed by atoms with Crippen LogP contribution in [0, 0.1) is 13.8 Å². The highest BCUT2D eigenvalue weighted by atomic mass is 15.1. The summed E-state index contributed by atoms with van der Waals surface area (Å²) in [4.78, 5) is 4.34. The molecule has 0 aliphatic rings. The SMILES string of the molecule is CCCCCCCCCCCCn1c(C)cnc1C. The van der Waals surface area contributed by atoms with Gasteiger partial charge >= 0.3 is 0 Å². The normalized spacial score (nSPS) is 11.1. The summed E-state index contributed by atoms with van der Waals surface area (Å²) in [5.41, 5.74) is 1.30. The van der Waals surface area contributed by atoms with Gasteiger partial charge in [-0.3, -0.25) is 0 Å². The molecule has 0 fully saturated rings. The molecule has 0 unspecified atom stereocenters. The molecule has 1 heterocycles. The fraction of sp³-hybridized carbons (Fsp3) is 0.824. The van der Waals surface area contributed by atoms with Crippen LogP contribution in [0.5, 0.6) is 0 Å². The van der Waals surface area contributed by atoms with Crippen molar-refractivity contribution in [1.82, 2.24) is 9.55 Å². The molecule has 0 atom stereocenters. The number of aromatic nitrogens is 2. The molecule has 0 aliphatic heterocycles. The molecule has 1 aromatic rings. The molecule has 1 aromatic heterocycles. The molecule has 0 N–H and O–H groups in total. The Labute approximate surface area is 119 Å². The first kappa shape index (κ1) is 16.3. The molecule has 0 spiro atoms. The highest BCUT2D eigenvalue weighted by Crippen LogP contribution is 2.12. The van der Waals surface area contributed by atoms with Gasteiger partial charge in [0.15, 0.2) is 0 Å². The Bertz CT molecular complexity index is 309. The summed E-state index contributed by atoms with van der Waals surface area (Å²) in [7, 11) is 0. The lowest BCUT2D eigenvalue weighted by molar-refractivity contribution is 0.528. The molecule has 2 heteroatoms. The number of aryl methyl sites for hydroxylation is 2. The van der Waals surface area contributed by atoms with Crippen molar-refractivity contribution >= 4 is 0 Å². The van der Waals surface area contributed by atoms with Crippen LogP contribution in [0.1, 0.15) is 82.7 Å². The lowest BCUT2D eigenvalue weighted by Gasteiger charge is -2.07. The average Bonchev–Trinajstić information content (AvgIpc) is 2.72. The number of unbranched alkanes of at least 4 members (excludes halogenated alkanes) is 9. The van der Waals surface area contributed by atoms with Gasteiger partial charge in [0, 0.05) is 18.4 Å². The second-order valence-electron chi connectivity index (χ2n) is 5.78. The zero-order valence-electron chi connectivity index (χ0n) is 13.2. The smallest absolute Gasteiger partial charge is 0.105 e. The fourth-order valence-electron chi connectivity index (χ4n) is 2.68. The quantitative estimate of drug-likeness (QED) is 0.488. The minimum Gasteiger partial charge on any atom is -0.333 e. The van der Waals surface area contributed by atoms with Gasteiger partial charge in [0.1, 0.15) is 5.82 Å². The predicted octanol–water partition coefficient (Wildman–Crippen LogP) is 5.42. The fourth-order valence-corrected chi connectivity index (χ4v) is 2.68. The number of imidazole rings is 1. The van der Waals surface area contributed by atoms with Crippen LogP contribution in [-0.2, 0) is 6.54 Å². The van der Waals surface area contributed by atoms with Crippen molar-refractivity contribution in [3.8, 4) is 0 Å². The molecule has 2 nitrogen and oxygen atoms in total. The summed E-state index contributed by atoms with van der Waals surface area (Å²) in [5, 5.41) is 0. The molecule has 19 heavy (non-hydrogen) atoms. The van der Waals surface area contributed by atoms with Crippen LogP contribution in [-0.4, -0.2) is 9.55 Å². The predicted molar refractivity (Wildman–Crippen MR) is 83.5 cm³/mol. The van der Waals surface area contributed by atoms with Crippen LogP contribution >= 0.6 is 0 Å². The van der Waals surface area contributed by atoms with E-state index in [9.17, 15) is 0 Å². The van der Waals surface area contributed by atoms with E-state index in [0.29, 0.717) is 0 Å². The van der Waals surface area contributed by atoms with Gasteiger partial charge in [0.25, 0.3) is 0 Å². The van der Waals surface area contributed by atoms with Gasteiger partial charge in [0.05, 0.1) is 0 Å². The van der Waals surface area contributed by atoms with E-state index in [1.165, 1.54) is 69.9 Å². The van der Waals surface area contributed by atoms with Gasteiger partial charge in [-0.15, -0.1) is 0 Å². The third-order valence-corrected chi connectivity index (χ3v) is 3.99. The molecule has 110 valence electrons. The maximum atomic E-state index is 4.34. The molecule has 0 aromatic carbocycles. The Balaban J connectivity index is 1.92. The van der Waals surface area contributed by atoms with Crippen molar-refractivity contribution in [3.05, 3.63) is 17.7 Å². The highest BCUT2D eigenvalue weighted by Gasteiger charge is 2.01. The highest BCUT2D eigenvalue weighted by molar-refractivity contribution is 5.01. The topological polar surface area (TPSA) is 17.8 Å². The third kappa shape index (κ3) is 6.79. The van der Waals surface area contributed by atoms with E-state index >= 15 is 0 Å². The van der Waals surface area contributed by atoms with E-state index < -0.39 is 0 Å². The molecular weight excluding hydrogens is 232 g/mol. The number of nitrogens with zero attached hydrogens (tertiary/aromatic N) is 2. The van der Waals surface area contributed by atoms with Gasteiger partial charge in [-0.1, -0.05) is 64.7 Å². The standard InChI is InChI=1S/C17H32N2/c1-4-5-6-7-8-9-10-11-12-13-14-19-16(2)15-18-17(19)3/h15H,4-14H2,1-3H3. The summed E-state index contributed by atoms with van der Waals surface area (Å²) in [6.45, 7) is 7.68. The van der Waals surface area contributed by atoms with Crippen molar-refractivity contribution in [1.29, 1.82) is 0 Å². The minimum absolute atomic E-state index is 1.15. The summed E-state index contributed by atoms with van der Waals surface area (Å²) in [5.74, 6) is 1.16. The molecule has 0 aliphatic carbocycles. The zero-order chi connectivity index (χ0) is 13.9. The first-order valence-electron chi connectivity index (χ1n) is 8.24. The van der Waals surface area contributed by atoms with E-state index in [0.717, 1.165) is 12.4 Å². The first-order chi connectivity index (χ1) is 9.25. The molecule has 0 saturated heterocycles. The third-order valence-electron chi connectivity index (χ3n) is 3.99. The van der Waals surface area contributed by atoms with Gasteiger partial charge in [-0.05, 0) is 20.3 Å². The Hall–Kier alpha value is -0.790. The maximum absolute atomic E-state index is 4.34. The number of hydrogen-bond donors (Lipinski definition) is 0. The number of rotatable bonds is 11. The van der Waals surface area contributed by atoms with E-state index in [4.69, 9.17) is 0 Å². The van der Waals surface area contributed by atoms with Crippen molar-refractivity contribution in [2.75, 3.05) is 0 Å². The van der Waals surface area contributed by atoms with Gasteiger partial charge in [0.2, 0.25) is 0 Å². The average molecular weight is 264 g/mol. The Kier molecular flexibility index (Phi) is 8.61.